The monoisotopic (exact) mass is 382 g/mol. The number of hydrogen-bond donors (Lipinski definition) is 2. The molecule has 0 atom stereocenters. The Bertz CT molecular complexity index is 290. The number of carbonyl (C=O) groups excluding carboxylic acids is 1. The van der Waals surface area contributed by atoms with E-state index in [9.17, 15) is 4.79 Å². The minimum absolute atomic E-state index is 0. The molecule has 1 aliphatic carbocycles. The van der Waals surface area contributed by atoms with Crippen LogP contribution in [0.2, 0.25) is 0 Å². The summed E-state index contributed by atoms with van der Waals surface area (Å²) in [5.74, 6) is 1.73. The zero-order valence-corrected chi connectivity index (χ0v) is 14.6. The van der Waals surface area contributed by atoms with Crippen molar-refractivity contribution in [2.45, 2.75) is 32.6 Å². The molecule has 112 valence electrons. The van der Waals surface area contributed by atoms with E-state index >= 15 is 0 Å². The highest BCUT2D eigenvalue weighted by atomic mass is 127. The highest BCUT2D eigenvalue weighted by Gasteiger charge is 2.19. The first-order valence-electron chi connectivity index (χ1n) is 6.85. The van der Waals surface area contributed by atoms with Gasteiger partial charge in [-0.15, -0.1) is 24.0 Å². The molecule has 0 heterocycles. The molecule has 1 aliphatic rings. The molecule has 1 fully saturated rings. The molecular weight excluding hydrogens is 355 g/mol. The Morgan fingerprint density at radius 1 is 1.32 bits per heavy atom. The predicted molar refractivity (Wildman–Crippen MR) is 90.0 cm³/mol. The molecule has 0 spiro atoms. The van der Waals surface area contributed by atoms with Gasteiger partial charge in [0.1, 0.15) is 6.54 Å². The summed E-state index contributed by atoms with van der Waals surface area (Å²) in [5, 5.41) is 6.42. The van der Waals surface area contributed by atoms with E-state index in [1.165, 1.54) is 25.7 Å². The largest absolute Gasteiger partial charge is 0.357 e. The molecule has 5 nitrogen and oxygen atoms in total. The summed E-state index contributed by atoms with van der Waals surface area (Å²) in [7, 11) is 3.49. The summed E-state index contributed by atoms with van der Waals surface area (Å²) in [6.45, 7) is 3.96. The van der Waals surface area contributed by atoms with Gasteiger partial charge in [0.2, 0.25) is 5.91 Å². The Hall–Kier alpha value is -0.530. The van der Waals surface area contributed by atoms with E-state index in [0.29, 0.717) is 0 Å². The van der Waals surface area contributed by atoms with Crippen LogP contribution in [0.15, 0.2) is 4.99 Å². The number of likely N-dealkylation sites (N-methyl/N-ethyl adjacent to an activating group) is 1. The first-order chi connectivity index (χ1) is 8.63. The Balaban J connectivity index is 0.00000324. The lowest BCUT2D eigenvalue weighted by Crippen LogP contribution is -2.38. The van der Waals surface area contributed by atoms with Crippen LogP contribution in [0.4, 0.5) is 0 Å². The fraction of sp³-hybridized carbons (Fsp3) is 0.846. The summed E-state index contributed by atoms with van der Waals surface area (Å²) >= 11 is 0. The van der Waals surface area contributed by atoms with Crippen LogP contribution in [-0.4, -0.2) is 50.5 Å². The summed E-state index contributed by atoms with van der Waals surface area (Å²) in [6, 6.07) is 0. The second-order valence-electron chi connectivity index (χ2n) is 5.00. The molecule has 0 aromatic rings. The minimum atomic E-state index is 0. The molecule has 0 saturated heterocycles. The van der Waals surface area contributed by atoms with Crippen molar-refractivity contribution < 1.29 is 4.79 Å². The number of carbonyl (C=O) groups is 1. The number of guanidine groups is 1. The maximum atomic E-state index is 11.4. The SMILES string of the molecule is CCNC(=NCC(=O)N(C)C)NCCCC1CC1.I. The maximum absolute atomic E-state index is 11.4. The molecule has 6 heteroatoms. The van der Waals surface area contributed by atoms with E-state index in [2.05, 4.69) is 15.6 Å². The molecule has 0 bridgehead atoms. The maximum Gasteiger partial charge on any atom is 0.243 e. The third-order valence-electron chi connectivity index (χ3n) is 2.99. The highest BCUT2D eigenvalue weighted by molar-refractivity contribution is 14.0. The van der Waals surface area contributed by atoms with Crippen molar-refractivity contribution in [3.8, 4) is 0 Å². The lowest BCUT2D eigenvalue weighted by molar-refractivity contribution is -0.127. The number of rotatable bonds is 7. The smallest absolute Gasteiger partial charge is 0.243 e. The molecular formula is C13H27IN4O. The third kappa shape index (κ3) is 9.07. The third-order valence-corrected chi connectivity index (χ3v) is 2.99. The Morgan fingerprint density at radius 2 is 2.00 bits per heavy atom. The second kappa shape index (κ2) is 10.3. The number of nitrogens with zero attached hydrogens (tertiary/aromatic N) is 2. The number of halogens is 1. The van der Waals surface area contributed by atoms with Crippen molar-refractivity contribution in [1.29, 1.82) is 0 Å². The molecule has 0 aromatic carbocycles. The highest BCUT2D eigenvalue weighted by Crippen LogP contribution is 2.33. The Labute approximate surface area is 133 Å². The number of aliphatic imine (C=N–C) groups is 1. The molecule has 2 N–H and O–H groups in total. The van der Waals surface area contributed by atoms with E-state index in [4.69, 9.17) is 0 Å². The molecule has 0 aromatic heterocycles. The standard InChI is InChI=1S/C13H26N4O.HI/c1-4-14-13(16-10-12(18)17(2)3)15-9-5-6-11-7-8-11;/h11H,4-10H2,1-3H3,(H2,14,15,16);1H. The average molecular weight is 382 g/mol. The molecule has 0 aliphatic heterocycles. The van der Waals surface area contributed by atoms with Crippen molar-refractivity contribution in [2.75, 3.05) is 33.7 Å². The van der Waals surface area contributed by atoms with E-state index in [1.807, 2.05) is 6.92 Å². The van der Waals surface area contributed by atoms with Crippen LogP contribution in [0.25, 0.3) is 0 Å². The zero-order valence-electron chi connectivity index (χ0n) is 12.2. The van der Waals surface area contributed by atoms with Crippen molar-refractivity contribution in [3.63, 3.8) is 0 Å². The summed E-state index contributed by atoms with van der Waals surface area (Å²) in [6.07, 6.45) is 5.30. The summed E-state index contributed by atoms with van der Waals surface area (Å²) < 4.78 is 0. The average Bonchev–Trinajstić information content (AvgIpc) is 3.14. The van der Waals surface area contributed by atoms with Gasteiger partial charge in [-0.05, 0) is 25.7 Å². The fourth-order valence-electron chi connectivity index (χ4n) is 1.63. The van der Waals surface area contributed by atoms with Crippen LogP contribution in [0.1, 0.15) is 32.6 Å². The van der Waals surface area contributed by atoms with Gasteiger partial charge in [0.05, 0.1) is 0 Å². The topological polar surface area (TPSA) is 56.7 Å². The Morgan fingerprint density at radius 3 is 2.53 bits per heavy atom. The quantitative estimate of drug-likeness (QED) is 0.303. The van der Waals surface area contributed by atoms with Crippen LogP contribution in [-0.2, 0) is 4.79 Å². The van der Waals surface area contributed by atoms with E-state index in [0.717, 1.165) is 25.0 Å². The van der Waals surface area contributed by atoms with Gasteiger partial charge >= 0.3 is 0 Å². The fourth-order valence-corrected chi connectivity index (χ4v) is 1.63. The number of amides is 1. The van der Waals surface area contributed by atoms with E-state index in [1.54, 1.807) is 19.0 Å². The van der Waals surface area contributed by atoms with Crippen LogP contribution in [0.5, 0.6) is 0 Å². The molecule has 1 rings (SSSR count). The molecule has 0 radical (unpaired) electrons. The van der Waals surface area contributed by atoms with Crippen molar-refractivity contribution >= 4 is 35.8 Å². The first kappa shape index (κ1) is 18.5. The van der Waals surface area contributed by atoms with Gasteiger partial charge in [0.15, 0.2) is 5.96 Å². The van der Waals surface area contributed by atoms with Crippen LogP contribution < -0.4 is 10.6 Å². The van der Waals surface area contributed by atoms with Gasteiger partial charge in [0, 0.05) is 27.2 Å². The van der Waals surface area contributed by atoms with Gasteiger partial charge in [-0.25, -0.2) is 4.99 Å². The molecule has 1 amide bonds. The summed E-state index contributed by atoms with van der Waals surface area (Å²) in [4.78, 5) is 17.3. The second-order valence-corrected chi connectivity index (χ2v) is 5.00. The van der Waals surface area contributed by atoms with Crippen LogP contribution in [0.3, 0.4) is 0 Å². The minimum Gasteiger partial charge on any atom is -0.357 e. The van der Waals surface area contributed by atoms with Crippen LogP contribution in [0, 0.1) is 5.92 Å². The first-order valence-corrected chi connectivity index (χ1v) is 6.85. The molecule has 19 heavy (non-hydrogen) atoms. The predicted octanol–water partition coefficient (Wildman–Crippen LogP) is 1.44. The zero-order chi connectivity index (χ0) is 13.4. The Kier molecular flexibility index (Phi) is 9.99. The number of hydrogen-bond acceptors (Lipinski definition) is 2. The normalized spacial score (nSPS) is 14.6. The van der Waals surface area contributed by atoms with Crippen LogP contribution >= 0.6 is 24.0 Å². The lowest BCUT2D eigenvalue weighted by Gasteiger charge is -2.12. The van der Waals surface area contributed by atoms with E-state index in [-0.39, 0.29) is 36.4 Å². The van der Waals surface area contributed by atoms with Gasteiger partial charge in [-0.2, -0.15) is 0 Å². The molecule has 0 unspecified atom stereocenters. The van der Waals surface area contributed by atoms with Crippen molar-refractivity contribution in [3.05, 3.63) is 0 Å². The van der Waals surface area contributed by atoms with Crippen molar-refractivity contribution in [2.24, 2.45) is 10.9 Å². The molecule has 1 saturated carbocycles. The van der Waals surface area contributed by atoms with Gasteiger partial charge in [-0.3, -0.25) is 4.79 Å². The van der Waals surface area contributed by atoms with Gasteiger partial charge in [-0.1, -0.05) is 12.8 Å². The lowest BCUT2D eigenvalue weighted by atomic mass is 10.2. The van der Waals surface area contributed by atoms with Gasteiger partial charge in [0.25, 0.3) is 0 Å². The van der Waals surface area contributed by atoms with Gasteiger partial charge < -0.3 is 15.5 Å². The summed E-state index contributed by atoms with van der Waals surface area (Å²) in [5.41, 5.74) is 0. The van der Waals surface area contributed by atoms with E-state index < -0.39 is 0 Å². The number of nitrogens with one attached hydrogen (secondary N) is 2. The van der Waals surface area contributed by atoms with Crippen molar-refractivity contribution in [1.82, 2.24) is 15.5 Å².